The van der Waals surface area contributed by atoms with Crippen molar-refractivity contribution in [3.05, 3.63) is 95.1 Å². The highest BCUT2D eigenvalue weighted by molar-refractivity contribution is 7.92. The topological polar surface area (TPSA) is 66.5 Å². The van der Waals surface area contributed by atoms with Crippen molar-refractivity contribution in [1.29, 1.82) is 0 Å². The molecule has 3 aromatic rings. The Morgan fingerprint density at radius 3 is 2.29 bits per heavy atom. The molecule has 0 fully saturated rings. The van der Waals surface area contributed by atoms with Gasteiger partial charge in [0, 0.05) is 12.6 Å². The zero-order valence-electron chi connectivity index (χ0n) is 17.3. The predicted molar refractivity (Wildman–Crippen MR) is 115 cm³/mol. The lowest BCUT2D eigenvalue weighted by Crippen LogP contribution is -2.28. The van der Waals surface area contributed by atoms with Crippen LogP contribution in [0.2, 0.25) is 0 Å². The summed E-state index contributed by atoms with van der Waals surface area (Å²) in [6.45, 7) is 3.53. The molecule has 31 heavy (non-hydrogen) atoms. The van der Waals surface area contributed by atoms with E-state index in [-0.39, 0.29) is 10.5 Å². The Bertz CT molecular complexity index is 1210. The Balaban J connectivity index is 1.82. The summed E-state index contributed by atoms with van der Waals surface area (Å²) in [4.78, 5) is 12.6. The van der Waals surface area contributed by atoms with Crippen molar-refractivity contribution < 1.29 is 22.0 Å². The van der Waals surface area contributed by atoms with Gasteiger partial charge in [-0.2, -0.15) is 0 Å². The number of carbonyl (C=O) groups excluding carboxylic acids is 1. The van der Waals surface area contributed by atoms with E-state index in [9.17, 15) is 22.0 Å². The van der Waals surface area contributed by atoms with Gasteiger partial charge in [0.15, 0.2) is 11.6 Å². The lowest BCUT2D eigenvalue weighted by molar-refractivity contribution is 0.0939. The summed E-state index contributed by atoms with van der Waals surface area (Å²) in [6, 6.07) is 15.4. The molecule has 0 aliphatic heterocycles. The summed E-state index contributed by atoms with van der Waals surface area (Å²) in [5.41, 5.74) is 2.01. The fourth-order valence-corrected chi connectivity index (χ4v) is 4.24. The first-order valence-corrected chi connectivity index (χ1v) is 10.9. The molecule has 0 heterocycles. The van der Waals surface area contributed by atoms with Crippen LogP contribution in [0.1, 0.15) is 34.5 Å². The number of amides is 1. The summed E-state index contributed by atoms with van der Waals surface area (Å²) in [7, 11) is -2.45. The Hall–Kier alpha value is -3.26. The fourth-order valence-electron chi connectivity index (χ4n) is 2.99. The fraction of sp³-hybridized carbons (Fsp3) is 0.174. The van der Waals surface area contributed by atoms with E-state index >= 15 is 0 Å². The maximum absolute atomic E-state index is 13.5. The Morgan fingerprint density at radius 1 is 0.968 bits per heavy atom. The van der Waals surface area contributed by atoms with Crippen molar-refractivity contribution in [3.63, 3.8) is 0 Å². The minimum absolute atomic E-state index is 0.0382. The normalized spacial score (nSPS) is 12.3. The summed E-state index contributed by atoms with van der Waals surface area (Å²) in [5, 5.41) is 2.67. The highest BCUT2D eigenvalue weighted by atomic mass is 32.2. The third-order valence-corrected chi connectivity index (χ3v) is 6.73. The van der Waals surface area contributed by atoms with Gasteiger partial charge in [0.2, 0.25) is 0 Å². The first-order chi connectivity index (χ1) is 14.6. The molecule has 1 amide bonds. The van der Waals surface area contributed by atoms with E-state index in [0.717, 1.165) is 22.0 Å². The molecule has 1 atom stereocenters. The van der Waals surface area contributed by atoms with Crippen LogP contribution in [0.15, 0.2) is 71.6 Å². The smallest absolute Gasteiger partial charge is 0.264 e. The number of hydrogen-bond donors (Lipinski definition) is 1. The molecular weight excluding hydrogens is 422 g/mol. The summed E-state index contributed by atoms with van der Waals surface area (Å²) >= 11 is 0. The van der Waals surface area contributed by atoms with Crippen molar-refractivity contribution in [2.24, 2.45) is 0 Å². The number of rotatable bonds is 6. The highest BCUT2D eigenvalue weighted by Gasteiger charge is 2.23. The number of nitrogens with one attached hydrogen (secondary N) is 1. The summed E-state index contributed by atoms with van der Waals surface area (Å²) in [6.07, 6.45) is 0. The number of anilines is 1. The second-order valence-electron chi connectivity index (χ2n) is 7.20. The maximum Gasteiger partial charge on any atom is 0.264 e. The molecule has 3 aromatic carbocycles. The average Bonchev–Trinajstić information content (AvgIpc) is 2.75. The third kappa shape index (κ3) is 4.91. The number of carbonyl (C=O) groups is 1. The van der Waals surface area contributed by atoms with Crippen LogP contribution in [0.25, 0.3) is 0 Å². The van der Waals surface area contributed by atoms with Crippen molar-refractivity contribution >= 4 is 21.6 Å². The molecule has 3 rings (SSSR count). The summed E-state index contributed by atoms with van der Waals surface area (Å²) < 4.78 is 53.8. The molecule has 0 aliphatic rings. The van der Waals surface area contributed by atoms with Crippen LogP contribution in [0, 0.1) is 18.6 Å². The van der Waals surface area contributed by atoms with Gasteiger partial charge in [-0.25, -0.2) is 17.2 Å². The average molecular weight is 445 g/mol. The van der Waals surface area contributed by atoms with Crippen LogP contribution in [0.4, 0.5) is 14.5 Å². The molecule has 0 saturated heterocycles. The lowest BCUT2D eigenvalue weighted by Gasteiger charge is -2.20. The standard InChI is InChI=1S/C23H22F2N2O3S/c1-15-7-10-19(11-8-15)27(3)31(29,30)20-6-4-5-18(13-20)23(28)26-16(2)17-9-12-21(24)22(25)14-17/h4-14,16H,1-3H3,(H,26,28). The van der Waals surface area contributed by atoms with Gasteiger partial charge in [-0.3, -0.25) is 9.10 Å². The second-order valence-corrected chi connectivity index (χ2v) is 9.17. The SMILES string of the molecule is Cc1ccc(N(C)S(=O)(=O)c2cccc(C(=O)NC(C)c3ccc(F)c(F)c3)c2)cc1. The monoisotopic (exact) mass is 444 g/mol. The highest BCUT2D eigenvalue weighted by Crippen LogP contribution is 2.23. The van der Waals surface area contributed by atoms with Crippen molar-refractivity contribution in [2.45, 2.75) is 24.8 Å². The quantitative estimate of drug-likeness (QED) is 0.605. The van der Waals surface area contributed by atoms with Gasteiger partial charge in [0.1, 0.15) is 0 Å². The molecule has 1 N–H and O–H groups in total. The van der Waals surface area contributed by atoms with E-state index in [0.29, 0.717) is 11.3 Å². The molecule has 0 bridgehead atoms. The van der Waals surface area contributed by atoms with Crippen LogP contribution >= 0.6 is 0 Å². The number of aryl methyl sites for hydroxylation is 1. The molecule has 1 unspecified atom stereocenters. The number of nitrogens with zero attached hydrogens (tertiary/aromatic N) is 1. The third-order valence-electron chi connectivity index (χ3n) is 4.94. The maximum atomic E-state index is 13.5. The largest absolute Gasteiger partial charge is 0.346 e. The minimum atomic E-state index is -3.89. The van der Waals surface area contributed by atoms with Gasteiger partial charge < -0.3 is 5.32 Å². The van der Waals surface area contributed by atoms with Gasteiger partial charge in [0.05, 0.1) is 16.6 Å². The Labute approximate surface area is 180 Å². The van der Waals surface area contributed by atoms with E-state index in [4.69, 9.17) is 0 Å². The molecule has 0 radical (unpaired) electrons. The van der Waals surface area contributed by atoms with E-state index in [1.54, 1.807) is 19.1 Å². The van der Waals surface area contributed by atoms with Crippen molar-refractivity contribution in [3.8, 4) is 0 Å². The van der Waals surface area contributed by atoms with Crippen LogP contribution in [0.3, 0.4) is 0 Å². The van der Waals surface area contributed by atoms with E-state index in [2.05, 4.69) is 5.32 Å². The Kier molecular flexibility index (Phi) is 6.40. The van der Waals surface area contributed by atoms with Crippen LogP contribution < -0.4 is 9.62 Å². The molecule has 0 aliphatic carbocycles. The number of hydrogen-bond acceptors (Lipinski definition) is 3. The molecule has 5 nitrogen and oxygen atoms in total. The van der Waals surface area contributed by atoms with Gasteiger partial charge in [-0.1, -0.05) is 29.8 Å². The van der Waals surface area contributed by atoms with E-state index in [1.807, 2.05) is 19.1 Å². The molecule has 8 heteroatoms. The first-order valence-electron chi connectivity index (χ1n) is 9.51. The molecule has 162 valence electrons. The number of halogens is 2. The molecule has 0 saturated carbocycles. The van der Waals surface area contributed by atoms with Crippen LogP contribution in [-0.2, 0) is 10.0 Å². The lowest BCUT2D eigenvalue weighted by atomic mass is 10.1. The van der Waals surface area contributed by atoms with Gasteiger partial charge in [-0.05, 0) is 61.9 Å². The van der Waals surface area contributed by atoms with E-state index < -0.39 is 33.6 Å². The number of sulfonamides is 1. The Morgan fingerprint density at radius 2 is 1.65 bits per heavy atom. The van der Waals surface area contributed by atoms with Crippen molar-refractivity contribution in [2.75, 3.05) is 11.4 Å². The van der Waals surface area contributed by atoms with Crippen LogP contribution in [0.5, 0.6) is 0 Å². The first kappa shape index (κ1) is 22.4. The molecular formula is C23H22F2N2O3S. The molecule has 0 spiro atoms. The van der Waals surface area contributed by atoms with E-state index in [1.165, 1.54) is 37.4 Å². The van der Waals surface area contributed by atoms with Crippen molar-refractivity contribution in [1.82, 2.24) is 5.32 Å². The molecule has 0 aromatic heterocycles. The zero-order valence-corrected chi connectivity index (χ0v) is 18.1. The van der Waals surface area contributed by atoms with Gasteiger partial charge >= 0.3 is 0 Å². The summed E-state index contributed by atoms with van der Waals surface area (Å²) in [5.74, 6) is -2.52. The zero-order chi connectivity index (χ0) is 22.8. The predicted octanol–water partition coefficient (Wildman–Crippen LogP) is 4.59. The number of benzene rings is 3. The minimum Gasteiger partial charge on any atom is -0.346 e. The van der Waals surface area contributed by atoms with Gasteiger partial charge in [0.25, 0.3) is 15.9 Å². The second kappa shape index (κ2) is 8.85. The van der Waals surface area contributed by atoms with Crippen LogP contribution in [-0.4, -0.2) is 21.4 Å². The van der Waals surface area contributed by atoms with Gasteiger partial charge in [-0.15, -0.1) is 0 Å².